The van der Waals surface area contributed by atoms with Gasteiger partial charge in [-0.2, -0.15) is 17.9 Å². The first-order valence-electron chi connectivity index (χ1n) is 5.07. The Morgan fingerprint density at radius 3 is 2.40 bits per heavy atom. The number of sulfonamides is 1. The van der Waals surface area contributed by atoms with E-state index in [1.807, 2.05) is 0 Å². The highest BCUT2D eigenvalue weighted by Gasteiger charge is 2.34. The molecule has 112 valence electrons. The lowest BCUT2D eigenvalue weighted by Crippen LogP contribution is -2.38. The molecule has 0 bridgehead atoms. The molecule has 0 aliphatic carbocycles. The molecule has 0 aliphatic heterocycles. The molecule has 20 heavy (non-hydrogen) atoms. The topological polar surface area (TPSA) is 83.5 Å². The zero-order chi connectivity index (χ0) is 15.7. The van der Waals surface area contributed by atoms with Crippen LogP contribution in [-0.4, -0.2) is 25.5 Å². The Morgan fingerprint density at radius 2 is 1.95 bits per heavy atom. The van der Waals surface area contributed by atoms with Gasteiger partial charge < -0.3 is 5.11 Å². The van der Waals surface area contributed by atoms with Gasteiger partial charge in [-0.1, -0.05) is 11.6 Å². The van der Waals surface area contributed by atoms with E-state index < -0.39 is 43.7 Å². The van der Waals surface area contributed by atoms with Gasteiger partial charge >= 0.3 is 12.1 Å². The Kier molecular flexibility index (Phi) is 4.67. The van der Waals surface area contributed by atoms with Crippen LogP contribution in [0.4, 0.5) is 13.2 Å². The maximum Gasteiger partial charge on any atom is 0.417 e. The molecule has 10 heteroatoms. The van der Waals surface area contributed by atoms with Crippen LogP contribution in [0.2, 0.25) is 5.02 Å². The molecule has 0 saturated heterocycles. The second-order valence-corrected chi connectivity index (χ2v) is 5.94. The van der Waals surface area contributed by atoms with Crippen molar-refractivity contribution in [1.82, 2.24) is 4.72 Å². The normalized spacial score (nSPS) is 14.1. The Bertz CT molecular complexity index is 630. The van der Waals surface area contributed by atoms with Crippen molar-refractivity contribution >= 4 is 27.6 Å². The van der Waals surface area contributed by atoms with Gasteiger partial charge in [-0.05, 0) is 25.1 Å². The van der Waals surface area contributed by atoms with Gasteiger partial charge in [-0.3, -0.25) is 4.79 Å². The monoisotopic (exact) mass is 331 g/mol. The zero-order valence-corrected chi connectivity index (χ0v) is 11.5. The van der Waals surface area contributed by atoms with Crippen LogP contribution in [0, 0.1) is 0 Å². The van der Waals surface area contributed by atoms with E-state index in [4.69, 9.17) is 16.7 Å². The van der Waals surface area contributed by atoms with Gasteiger partial charge in [0.2, 0.25) is 10.0 Å². The minimum atomic E-state index is -4.82. The van der Waals surface area contributed by atoms with Gasteiger partial charge in [0.15, 0.2) is 0 Å². The Balaban J connectivity index is 3.24. The molecular formula is C10H9ClF3NO4S. The third kappa shape index (κ3) is 3.84. The molecule has 0 spiro atoms. The fourth-order valence-electron chi connectivity index (χ4n) is 1.24. The van der Waals surface area contributed by atoms with Crippen LogP contribution in [0.3, 0.4) is 0 Å². The zero-order valence-electron chi connectivity index (χ0n) is 9.90. The molecule has 0 heterocycles. The number of hydrogen-bond donors (Lipinski definition) is 2. The van der Waals surface area contributed by atoms with Gasteiger partial charge in [-0.25, -0.2) is 8.42 Å². The first-order valence-corrected chi connectivity index (χ1v) is 6.93. The first-order chi connectivity index (χ1) is 8.95. The minimum Gasteiger partial charge on any atom is -0.480 e. The lowest BCUT2D eigenvalue weighted by Gasteiger charge is -2.13. The lowest BCUT2D eigenvalue weighted by atomic mass is 10.2. The van der Waals surface area contributed by atoms with Gasteiger partial charge in [0, 0.05) is 0 Å². The summed E-state index contributed by atoms with van der Waals surface area (Å²) in [7, 11) is -4.39. The highest BCUT2D eigenvalue weighted by atomic mass is 35.5. The van der Waals surface area contributed by atoms with Crippen LogP contribution in [0.1, 0.15) is 12.5 Å². The lowest BCUT2D eigenvalue weighted by molar-refractivity contribution is -0.139. The number of carboxylic acid groups (broad SMARTS) is 1. The van der Waals surface area contributed by atoms with Crippen molar-refractivity contribution in [3.05, 3.63) is 28.8 Å². The molecule has 2 N–H and O–H groups in total. The molecule has 1 aromatic rings. The highest BCUT2D eigenvalue weighted by Crippen LogP contribution is 2.35. The third-order valence-corrected chi connectivity index (χ3v) is 4.12. The second kappa shape index (κ2) is 5.58. The summed E-state index contributed by atoms with van der Waals surface area (Å²) < 4.78 is 63.1. The summed E-state index contributed by atoms with van der Waals surface area (Å²) in [5, 5.41) is 7.94. The van der Waals surface area contributed by atoms with Crippen molar-refractivity contribution in [3.8, 4) is 0 Å². The number of benzene rings is 1. The van der Waals surface area contributed by atoms with E-state index >= 15 is 0 Å². The number of alkyl halides is 3. The molecule has 0 saturated carbocycles. The van der Waals surface area contributed by atoms with Crippen LogP contribution in [0.15, 0.2) is 23.1 Å². The molecular weight excluding hydrogens is 323 g/mol. The summed E-state index contributed by atoms with van der Waals surface area (Å²) in [4.78, 5) is 9.84. The molecule has 5 nitrogen and oxygen atoms in total. The van der Waals surface area contributed by atoms with E-state index in [1.165, 1.54) is 0 Å². The van der Waals surface area contributed by atoms with Crippen molar-refractivity contribution in [1.29, 1.82) is 0 Å². The summed E-state index contributed by atoms with van der Waals surface area (Å²) in [5.41, 5.74) is -1.31. The highest BCUT2D eigenvalue weighted by molar-refractivity contribution is 7.89. The fourth-order valence-corrected chi connectivity index (χ4v) is 2.69. The van der Waals surface area contributed by atoms with Gasteiger partial charge in [0.25, 0.3) is 0 Å². The number of nitrogens with one attached hydrogen (secondary N) is 1. The molecule has 0 aliphatic rings. The van der Waals surface area contributed by atoms with Crippen LogP contribution < -0.4 is 4.72 Å². The predicted molar refractivity (Wildman–Crippen MR) is 63.9 cm³/mol. The third-order valence-electron chi connectivity index (χ3n) is 2.26. The number of hydrogen-bond acceptors (Lipinski definition) is 3. The minimum absolute atomic E-state index is 0.346. The van der Waals surface area contributed by atoms with E-state index in [-0.39, 0.29) is 0 Å². The predicted octanol–water partition coefficient (Wildman–Crippen LogP) is 2.11. The summed E-state index contributed by atoms with van der Waals surface area (Å²) in [6.45, 7) is 1.04. The van der Waals surface area contributed by atoms with Gasteiger partial charge in [0.1, 0.15) is 6.04 Å². The average molecular weight is 332 g/mol. The Morgan fingerprint density at radius 1 is 1.40 bits per heavy atom. The van der Waals surface area contributed by atoms with Gasteiger partial charge in [0.05, 0.1) is 15.5 Å². The molecule has 1 atom stereocenters. The number of carboxylic acids is 1. The number of aliphatic carboxylic acids is 1. The standard InChI is InChI=1S/C10H9ClF3NO4S/c1-5(9(16)17)15-20(18,19)6-2-3-8(11)7(4-6)10(12,13)14/h2-5,15H,1H3,(H,16,17)/t5-/m0/s1. The Labute approximate surface area is 117 Å². The van der Waals surface area contributed by atoms with E-state index in [0.717, 1.165) is 19.1 Å². The summed E-state index contributed by atoms with van der Waals surface area (Å²) in [6.07, 6.45) is -4.82. The maximum atomic E-state index is 12.6. The number of rotatable bonds is 4. The van der Waals surface area contributed by atoms with Crippen LogP contribution in [0.5, 0.6) is 0 Å². The molecule has 0 amide bonds. The second-order valence-electron chi connectivity index (χ2n) is 3.82. The molecule has 0 unspecified atom stereocenters. The smallest absolute Gasteiger partial charge is 0.417 e. The van der Waals surface area contributed by atoms with Crippen molar-refractivity contribution in [3.63, 3.8) is 0 Å². The first kappa shape index (κ1) is 16.7. The van der Waals surface area contributed by atoms with E-state index in [9.17, 15) is 26.4 Å². The summed E-state index contributed by atoms with van der Waals surface area (Å²) in [5.74, 6) is -1.46. The fraction of sp³-hybridized carbons (Fsp3) is 0.300. The largest absolute Gasteiger partial charge is 0.480 e. The van der Waals surface area contributed by atoms with E-state index in [2.05, 4.69) is 0 Å². The van der Waals surface area contributed by atoms with Crippen molar-refractivity contribution in [2.75, 3.05) is 0 Å². The van der Waals surface area contributed by atoms with Gasteiger partial charge in [-0.15, -0.1) is 0 Å². The number of halogens is 4. The van der Waals surface area contributed by atoms with Crippen LogP contribution >= 0.6 is 11.6 Å². The number of carbonyl (C=O) groups is 1. The van der Waals surface area contributed by atoms with E-state index in [1.54, 1.807) is 4.72 Å². The van der Waals surface area contributed by atoms with Crippen LogP contribution in [-0.2, 0) is 21.0 Å². The van der Waals surface area contributed by atoms with E-state index in [0.29, 0.717) is 6.07 Å². The molecule has 0 fully saturated rings. The maximum absolute atomic E-state index is 12.6. The summed E-state index contributed by atoms with van der Waals surface area (Å²) >= 11 is 5.36. The molecule has 1 aromatic carbocycles. The molecule has 0 radical (unpaired) electrons. The van der Waals surface area contributed by atoms with Crippen molar-refractivity contribution in [2.45, 2.75) is 24.0 Å². The molecule has 0 aromatic heterocycles. The van der Waals surface area contributed by atoms with Crippen molar-refractivity contribution < 1.29 is 31.5 Å². The molecule has 1 rings (SSSR count). The van der Waals surface area contributed by atoms with Crippen LogP contribution in [0.25, 0.3) is 0 Å². The quantitative estimate of drug-likeness (QED) is 0.885. The summed E-state index contributed by atoms with van der Waals surface area (Å²) in [6, 6.07) is 0.503. The Hall–Kier alpha value is -1.32. The average Bonchev–Trinajstić information content (AvgIpc) is 2.26. The SMILES string of the molecule is C[C@H](NS(=O)(=O)c1ccc(Cl)c(C(F)(F)F)c1)C(=O)O. The van der Waals surface area contributed by atoms with Crippen molar-refractivity contribution in [2.24, 2.45) is 0 Å².